The van der Waals surface area contributed by atoms with Gasteiger partial charge in [0.25, 0.3) is 0 Å². The van der Waals surface area contributed by atoms with Crippen molar-refractivity contribution in [3.8, 4) is 5.88 Å². The summed E-state index contributed by atoms with van der Waals surface area (Å²) in [4.78, 5) is 29.7. The molecule has 1 saturated heterocycles. The minimum absolute atomic E-state index is 0.00115. The van der Waals surface area contributed by atoms with Crippen molar-refractivity contribution in [3.63, 3.8) is 0 Å². The molecule has 14 heteroatoms. The highest BCUT2D eigenvalue weighted by Gasteiger charge is 2.37. The van der Waals surface area contributed by atoms with E-state index in [2.05, 4.69) is 19.5 Å². The van der Waals surface area contributed by atoms with Crippen molar-refractivity contribution in [3.05, 3.63) is 6.33 Å². The highest BCUT2D eigenvalue weighted by atomic mass is 31.2. The zero-order chi connectivity index (χ0) is 18.9. The number of rotatable bonds is 7. The summed E-state index contributed by atoms with van der Waals surface area (Å²) in [5, 5.41) is 18.9. The number of aliphatic hydroxyl groups excluding tert-OH is 2. The number of hydrogen-bond donors (Lipinski definition) is 5. The van der Waals surface area contributed by atoms with E-state index in [0.717, 1.165) is 0 Å². The topological polar surface area (TPSA) is 195 Å². The molecule has 0 bridgehead atoms. The summed E-state index contributed by atoms with van der Waals surface area (Å²) in [6, 6.07) is 0. The van der Waals surface area contributed by atoms with Crippen LogP contribution in [0.5, 0.6) is 5.88 Å². The summed E-state index contributed by atoms with van der Waals surface area (Å²) in [5.74, 6) is 0.0207. The first-order valence-corrected chi connectivity index (χ1v) is 9.09. The molecule has 0 amide bonds. The van der Waals surface area contributed by atoms with Crippen molar-refractivity contribution in [1.82, 2.24) is 19.5 Å². The molecular weight excluding hydrogens is 373 g/mol. The Labute approximate surface area is 146 Å². The van der Waals surface area contributed by atoms with Crippen molar-refractivity contribution >= 4 is 24.9 Å². The molecule has 0 spiro atoms. The number of imidazole rings is 1. The van der Waals surface area contributed by atoms with Gasteiger partial charge in [-0.3, -0.25) is 9.09 Å². The van der Waals surface area contributed by atoms with Gasteiger partial charge in [-0.05, 0) is 0 Å². The van der Waals surface area contributed by atoms with Gasteiger partial charge in [0, 0.05) is 6.42 Å². The Hall–Kier alpha value is -1.86. The van der Waals surface area contributed by atoms with E-state index in [9.17, 15) is 9.67 Å². The van der Waals surface area contributed by atoms with Crippen LogP contribution in [-0.4, -0.2) is 71.5 Å². The number of fused-ring (bicyclic) bond motifs is 1. The molecule has 0 aliphatic carbocycles. The maximum atomic E-state index is 10.8. The molecule has 2 aromatic rings. The van der Waals surface area contributed by atoms with Crippen LogP contribution in [0.4, 0.5) is 5.95 Å². The highest BCUT2D eigenvalue weighted by molar-refractivity contribution is 7.46. The zero-order valence-corrected chi connectivity index (χ0v) is 14.3. The highest BCUT2D eigenvalue weighted by Crippen LogP contribution is 2.38. The fourth-order valence-electron chi connectivity index (χ4n) is 2.57. The van der Waals surface area contributed by atoms with Crippen molar-refractivity contribution in [2.45, 2.75) is 24.9 Å². The monoisotopic (exact) mass is 391 g/mol. The second-order valence-electron chi connectivity index (χ2n) is 5.50. The molecule has 1 fully saturated rings. The minimum Gasteiger partial charge on any atom is -0.474 e. The molecule has 26 heavy (non-hydrogen) atoms. The van der Waals surface area contributed by atoms with Crippen LogP contribution in [0.15, 0.2) is 6.33 Å². The molecule has 0 unspecified atom stereocenters. The number of nitrogen functional groups attached to an aromatic ring is 1. The van der Waals surface area contributed by atoms with Gasteiger partial charge in [0.2, 0.25) is 11.8 Å². The fourth-order valence-corrected chi connectivity index (χ4v) is 2.91. The van der Waals surface area contributed by atoms with E-state index >= 15 is 0 Å². The number of hydrogen-bond acceptors (Lipinski definition) is 10. The lowest BCUT2D eigenvalue weighted by molar-refractivity contribution is -0.0424. The summed E-state index contributed by atoms with van der Waals surface area (Å²) in [6.45, 7) is -0.694. The number of phosphoric acid groups is 1. The van der Waals surface area contributed by atoms with E-state index in [0.29, 0.717) is 11.2 Å². The molecular formula is C12H18N5O8P. The summed E-state index contributed by atoms with van der Waals surface area (Å²) in [7, 11) is -4.67. The van der Waals surface area contributed by atoms with Gasteiger partial charge in [-0.25, -0.2) is 9.55 Å². The Balaban J connectivity index is 1.82. The lowest BCUT2D eigenvalue weighted by Gasteiger charge is -2.16. The Morgan fingerprint density at radius 2 is 2.19 bits per heavy atom. The van der Waals surface area contributed by atoms with Crippen molar-refractivity contribution in [2.24, 2.45) is 0 Å². The van der Waals surface area contributed by atoms with E-state index in [-0.39, 0.29) is 31.5 Å². The third-order valence-corrected chi connectivity index (χ3v) is 4.14. The van der Waals surface area contributed by atoms with Gasteiger partial charge in [-0.2, -0.15) is 9.97 Å². The Kier molecular flexibility index (Phi) is 5.39. The lowest BCUT2D eigenvalue weighted by atomic mass is 10.2. The van der Waals surface area contributed by atoms with Gasteiger partial charge in [-0.1, -0.05) is 0 Å². The molecule has 144 valence electrons. The van der Waals surface area contributed by atoms with Gasteiger partial charge in [-0.15, -0.1) is 0 Å². The third-order valence-electron chi connectivity index (χ3n) is 3.66. The zero-order valence-electron chi connectivity index (χ0n) is 13.4. The molecule has 0 saturated carbocycles. The standard InChI is InChI=1S/C12H18N5O8P/c13-12-15-10-9(11(16-12)23-2-1-18)14-5-17(10)8-3-6(19)7(25-8)4-24-26(20,21)22/h5-8,18-19H,1-4H2,(H2,13,15,16)(H2,20,21,22)/t6-,7+,8+/m0/s1. The smallest absolute Gasteiger partial charge is 0.469 e. The summed E-state index contributed by atoms with van der Waals surface area (Å²) in [6.07, 6.45) is -1.13. The van der Waals surface area contributed by atoms with E-state index in [1.54, 1.807) is 0 Å². The second-order valence-corrected chi connectivity index (χ2v) is 6.74. The fraction of sp³-hybridized carbons (Fsp3) is 0.583. The van der Waals surface area contributed by atoms with E-state index in [1.165, 1.54) is 10.9 Å². The second kappa shape index (κ2) is 7.40. The first kappa shape index (κ1) is 18.9. The van der Waals surface area contributed by atoms with Crippen LogP contribution in [0, 0.1) is 0 Å². The molecule has 6 N–H and O–H groups in total. The van der Waals surface area contributed by atoms with Crippen LogP contribution in [0.25, 0.3) is 11.2 Å². The maximum absolute atomic E-state index is 10.8. The lowest BCUT2D eigenvalue weighted by Crippen LogP contribution is -2.25. The van der Waals surface area contributed by atoms with Crippen LogP contribution >= 0.6 is 7.82 Å². The normalized spacial score (nSPS) is 23.6. The average Bonchev–Trinajstić information content (AvgIpc) is 3.13. The molecule has 3 atom stereocenters. The number of phosphoric ester groups is 1. The number of nitrogens with zero attached hydrogens (tertiary/aromatic N) is 4. The molecule has 0 aromatic carbocycles. The molecule has 2 aromatic heterocycles. The van der Waals surface area contributed by atoms with Gasteiger partial charge in [0.05, 0.1) is 25.6 Å². The Morgan fingerprint density at radius 3 is 2.88 bits per heavy atom. The number of aliphatic hydroxyl groups is 2. The summed E-state index contributed by atoms with van der Waals surface area (Å²) >= 11 is 0. The maximum Gasteiger partial charge on any atom is 0.469 e. The number of aromatic nitrogens is 4. The van der Waals surface area contributed by atoms with Crippen LogP contribution in [0.1, 0.15) is 12.6 Å². The van der Waals surface area contributed by atoms with Crippen LogP contribution in [0.2, 0.25) is 0 Å². The molecule has 1 aliphatic heterocycles. The average molecular weight is 391 g/mol. The molecule has 13 nitrogen and oxygen atoms in total. The predicted molar refractivity (Wildman–Crippen MR) is 84.8 cm³/mol. The molecule has 3 heterocycles. The summed E-state index contributed by atoms with van der Waals surface area (Å²) in [5.41, 5.74) is 6.25. The van der Waals surface area contributed by atoms with Crippen molar-refractivity contribution < 1.29 is 38.6 Å². The minimum atomic E-state index is -4.67. The number of anilines is 1. The van der Waals surface area contributed by atoms with E-state index in [4.69, 9.17) is 30.1 Å². The third kappa shape index (κ3) is 4.10. The van der Waals surface area contributed by atoms with E-state index in [1.807, 2.05) is 0 Å². The molecule has 0 radical (unpaired) electrons. The van der Waals surface area contributed by atoms with Crippen molar-refractivity contribution in [1.29, 1.82) is 0 Å². The van der Waals surface area contributed by atoms with E-state index < -0.39 is 32.9 Å². The summed E-state index contributed by atoms with van der Waals surface area (Å²) < 4.78 is 27.6. The van der Waals surface area contributed by atoms with Crippen LogP contribution in [0.3, 0.4) is 0 Å². The van der Waals surface area contributed by atoms with Gasteiger partial charge >= 0.3 is 7.82 Å². The quantitative estimate of drug-likeness (QED) is 0.344. The van der Waals surface area contributed by atoms with Gasteiger partial charge in [0.15, 0.2) is 11.2 Å². The first-order valence-electron chi connectivity index (χ1n) is 7.56. The molecule has 3 rings (SSSR count). The van der Waals surface area contributed by atoms with Gasteiger partial charge in [0.1, 0.15) is 18.9 Å². The largest absolute Gasteiger partial charge is 0.474 e. The first-order chi connectivity index (χ1) is 12.3. The Morgan fingerprint density at radius 1 is 1.42 bits per heavy atom. The van der Waals surface area contributed by atoms with Crippen molar-refractivity contribution in [2.75, 3.05) is 25.6 Å². The number of ether oxygens (including phenoxy) is 2. The SMILES string of the molecule is Nc1nc(OCCO)c2ncn([C@H]3C[C@H](O)[C@@H](COP(=O)(O)O)O3)c2n1. The van der Waals surface area contributed by atoms with Crippen LogP contribution in [-0.2, 0) is 13.8 Å². The number of nitrogens with two attached hydrogens (primary N) is 1. The molecule has 1 aliphatic rings. The van der Waals surface area contributed by atoms with Crippen LogP contribution < -0.4 is 10.5 Å². The Bertz CT molecular complexity index is 825. The predicted octanol–water partition coefficient (Wildman–Crippen LogP) is -1.46. The van der Waals surface area contributed by atoms with Gasteiger partial charge < -0.3 is 35.2 Å².